The molecule has 1 heteroatoms. The third-order valence-corrected chi connectivity index (χ3v) is 4.71. The van der Waals surface area contributed by atoms with E-state index in [9.17, 15) is 0 Å². The highest BCUT2D eigenvalue weighted by Gasteiger charge is 2.27. The van der Waals surface area contributed by atoms with Crippen molar-refractivity contribution in [2.24, 2.45) is 17.8 Å². The number of hydrogen-bond donors (Lipinski definition) is 0. The zero-order valence-corrected chi connectivity index (χ0v) is 11.3. The van der Waals surface area contributed by atoms with E-state index in [1.54, 1.807) is 0 Å². The predicted octanol–water partition coefficient (Wildman–Crippen LogP) is 4.79. The average Bonchev–Trinajstić information content (AvgIpc) is 2.66. The van der Waals surface area contributed by atoms with Crippen LogP contribution < -0.4 is 0 Å². The van der Waals surface area contributed by atoms with Gasteiger partial charge < -0.3 is 0 Å². The van der Waals surface area contributed by atoms with Crippen molar-refractivity contribution in [2.45, 2.75) is 71.9 Å². The lowest BCUT2D eigenvalue weighted by atomic mass is 9.46. The van der Waals surface area contributed by atoms with Crippen molar-refractivity contribution in [2.75, 3.05) is 0 Å². The summed E-state index contributed by atoms with van der Waals surface area (Å²) < 4.78 is 0. The Morgan fingerprint density at radius 3 is 2.13 bits per heavy atom. The second-order valence-corrected chi connectivity index (χ2v) is 6.44. The zero-order chi connectivity index (χ0) is 11.5. The SMILES string of the molecule is CC(C[B]C(C)(C)C(C)C)C1CCCC1. The van der Waals surface area contributed by atoms with E-state index in [2.05, 4.69) is 41.9 Å². The van der Waals surface area contributed by atoms with Crippen LogP contribution in [0.25, 0.3) is 0 Å². The molecule has 1 saturated carbocycles. The first-order chi connectivity index (χ1) is 6.93. The van der Waals surface area contributed by atoms with Crippen LogP contribution in [0.15, 0.2) is 0 Å². The molecule has 1 unspecified atom stereocenters. The monoisotopic (exact) mass is 207 g/mol. The summed E-state index contributed by atoms with van der Waals surface area (Å²) >= 11 is 0. The molecule has 1 atom stereocenters. The van der Waals surface area contributed by atoms with Gasteiger partial charge in [0.05, 0.1) is 0 Å². The van der Waals surface area contributed by atoms with Crippen molar-refractivity contribution in [1.82, 2.24) is 0 Å². The summed E-state index contributed by atoms with van der Waals surface area (Å²) in [5.41, 5.74) is 0. The third kappa shape index (κ3) is 3.85. The summed E-state index contributed by atoms with van der Waals surface area (Å²) in [5.74, 6) is 2.68. The Morgan fingerprint density at radius 2 is 1.67 bits per heavy atom. The maximum atomic E-state index is 2.57. The molecule has 15 heavy (non-hydrogen) atoms. The Bertz CT molecular complexity index is 178. The summed E-state index contributed by atoms with van der Waals surface area (Å²) in [6.07, 6.45) is 7.23. The molecule has 1 fully saturated rings. The van der Waals surface area contributed by atoms with E-state index in [-0.39, 0.29) is 0 Å². The van der Waals surface area contributed by atoms with Crippen LogP contribution in [0.2, 0.25) is 11.6 Å². The lowest BCUT2D eigenvalue weighted by Crippen LogP contribution is -2.22. The summed E-state index contributed by atoms with van der Waals surface area (Å²) in [4.78, 5) is 0. The first-order valence-corrected chi connectivity index (χ1v) is 6.78. The quantitative estimate of drug-likeness (QED) is 0.568. The Morgan fingerprint density at radius 1 is 1.13 bits per heavy atom. The van der Waals surface area contributed by atoms with Gasteiger partial charge >= 0.3 is 0 Å². The minimum atomic E-state index is 0.410. The van der Waals surface area contributed by atoms with E-state index in [0.717, 1.165) is 17.8 Å². The Labute approximate surface area is 97.5 Å². The molecular weight excluding hydrogens is 179 g/mol. The van der Waals surface area contributed by atoms with Crippen molar-refractivity contribution < 1.29 is 0 Å². The second-order valence-electron chi connectivity index (χ2n) is 6.44. The van der Waals surface area contributed by atoms with E-state index in [1.807, 2.05) is 0 Å². The molecule has 0 N–H and O–H groups in total. The summed E-state index contributed by atoms with van der Waals surface area (Å²) in [6.45, 7) is 11.9. The minimum Gasteiger partial charge on any atom is -0.0768 e. The molecule has 0 heterocycles. The van der Waals surface area contributed by atoms with Gasteiger partial charge in [-0.3, -0.25) is 0 Å². The molecule has 0 saturated heterocycles. The Balaban J connectivity index is 2.29. The van der Waals surface area contributed by atoms with Crippen LogP contribution in [-0.4, -0.2) is 7.28 Å². The summed E-state index contributed by atoms with van der Waals surface area (Å²) in [5, 5.41) is 0.410. The third-order valence-electron chi connectivity index (χ3n) is 4.71. The fourth-order valence-corrected chi connectivity index (χ4v) is 2.44. The molecule has 0 aromatic heterocycles. The van der Waals surface area contributed by atoms with Gasteiger partial charge in [0.1, 0.15) is 7.28 Å². The van der Waals surface area contributed by atoms with E-state index >= 15 is 0 Å². The van der Waals surface area contributed by atoms with Gasteiger partial charge in [0, 0.05) is 0 Å². The second kappa shape index (κ2) is 5.41. The largest absolute Gasteiger partial charge is 0.117 e. The van der Waals surface area contributed by atoms with Crippen molar-refractivity contribution >= 4 is 7.28 Å². The van der Waals surface area contributed by atoms with Crippen molar-refractivity contribution in [3.05, 3.63) is 0 Å². The van der Waals surface area contributed by atoms with Crippen LogP contribution in [-0.2, 0) is 0 Å². The molecule has 1 radical (unpaired) electrons. The van der Waals surface area contributed by atoms with Gasteiger partial charge in [-0.05, 0) is 17.8 Å². The van der Waals surface area contributed by atoms with Crippen LogP contribution >= 0.6 is 0 Å². The predicted molar refractivity (Wildman–Crippen MR) is 70.6 cm³/mol. The van der Waals surface area contributed by atoms with Gasteiger partial charge in [-0.2, -0.15) is 0 Å². The van der Waals surface area contributed by atoms with E-state index in [1.165, 1.54) is 32.0 Å². The topological polar surface area (TPSA) is 0 Å². The van der Waals surface area contributed by atoms with Crippen LogP contribution in [0, 0.1) is 17.8 Å². The Kier molecular flexibility index (Phi) is 4.74. The van der Waals surface area contributed by atoms with Gasteiger partial charge in [0.2, 0.25) is 0 Å². The highest BCUT2D eigenvalue weighted by Crippen LogP contribution is 2.38. The first kappa shape index (κ1) is 13.1. The normalized spacial score (nSPS) is 20.9. The standard InChI is InChI=1S/C14H28B/c1-11(2)14(4,5)15-10-12(3)13-8-6-7-9-13/h11-13H,6-10H2,1-5H3. The fourth-order valence-electron chi connectivity index (χ4n) is 2.44. The highest BCUT2D eigenvalue weighted by molar-refractivity contribution is 6.39. The molecule has 0 bridgehead atoms. The first-order valence-electron chi connectivity index (χ1n) is 6.78. The lowest BCUT2D eigenvalue weighted by molar-refractivity contribution is 0.387. The summed E-state index contributed by atoms with van der Waals surface area (Å²) in [7, 11) is 2.57. The zero-order valence-electron chi connectivity index (χ0n) is 11.3. The number of hydrogen-bond acceptors (Lipinski definition) is 0. The molecule has 0 aliphatic heterocycles. The van der Waals surface area contributed by atoms with E-state index in [4.69, 9.17) is 0 Å². The molecular formula is C14H28B. The van der Waals surface area contributed by atoms with E-state index < -0.39 is 0 Å². The van der Waals surface area contributed by atoms with Crippen LogP contribution in [0.5, 0.6) is 0 Å². The van der Waals surface area contributed by atoms with Crippen LogP contribution in [0.3, 0.4) is 0 Å². The number of rotatable bonds is 5. The highest BCUT2D eigenvalue weighted by atomic mass is 14.3. The van der Waals surface area contributed by atoms with Crippen molar-refractivity contribution in [3.63, 3.8) is 0 Å². The van der Waals surface area contributed by atoms with Crippen molar-refractivity contribution in [3.8, 4) is 0 Å². The molecule has 87 valence electrons. The molecule has 0 spiro atoms. The maximum Gasteiger partial charge on any atom is 0.117 e. The van der Waals surface area contributed by atoms with Gasteiger partial charge in [-0.25, -0.2) is 0 Å². The molecule has 1 aliphatic carbocycles. The summed E-state index contributed by atoms with van der Waals surface area (Å²) in [6, 6.07) is 0. The molecule has 0 aromatic rings. The van der Waals surface area contributed by atoms with Crippen molar-refractivity contribution in [1.29, 1.82) is 0 Å². The Hall–Kier alpha value is 0.0649. The van der Waals surface area contributed by atoms with E-state index in [0.29, 0.717) is 5.31 Å². The molecule has 0 amide bonds. The van der Waals surface area contributed by atoms with Crippen LogP contribution in [0.1, 0.15) is 60.3 Å². The van der Waals surface area contributed by atoms with Gasteiger partial charge in [-0.15, -0.1) is 0 Å². The fraction of sp³-hybridized carbons (Fsp3) is 1.00. The molecule has 1 rings (SSSR count). The van der Waals surface area contributed by atoms with Gasteiger partial charge in [-0.1, -0.05) is 71.9 Å². The molecule has 1 aliphatic rings. The molecule has 0 aromatic carbocycles. The maximum absolute atomic E-state index is 2.57. The van der Waals surface area contributed by atoms with Gasteiger partial charge in [0.15, 0.2) is 0 Å². The van der Waals surface area contributed by atoms with Crippen LogP contribution in [0.4, 0.5) is 0 Å². The average molecular weight is 207 g/mol. The van der Waals surface area contributed by atoms with Gasteiger partial charge in [0.25, 0.3) is 0 Å². The lowest BCUT2D eigenvalue weighted by Gasteiger charge is -2.30. The molecule has 0 nitrogen and oxygen atoms in total. The smallest absolute Gasteiger partial charge is 0.0768 e. The minimum absolute atomic E-state index is 0.410.